The minimum absolute atomic E-state index is 0.181. The molecule has 1 aliphatic rings. The van der Waals surface area contributed by atoms with Gasteiger partial charge in [0.2, 0.25) is 0 Å². The first-order chi connectivity index (χ1) is 7.78. The number of alkyl halides is 2. The summed E-state index contributed by atoms with van der Waals surface area (Å²) in [6.07, 6.45) is 1.88. The highest BCUT2D eigenvalue weighted by Crippen LogP contribution is 2.50. The number of carbonyl (C=O) groups excluding carboxylic acids is 2. The molecule has 1 atom stereocenters. The zero-order valence-corrected chi connectivity index (χ0v) is 13.9. The molecule has 0 aromatic rings. The molecule has 0 aliphatic carbocycles. The normalized spacial score (nSPS) is 21.9. The van der Waals surface area contributed by atoms with E-state index >= 15 is 0 Å². The van der Waals surface area contributed by atoms with E-state index in [-0.39, 0.29) is 11.3 Å². The van der Waals surface area contributed by atoms with Gasteiger partial charge < -0.3 is 4.74 Å². The molecule has 0 aromatic carbocycles. The molecule has 0 radical (unpaired) electrons. The van der Waals surface area contributed by atoms with Crippen molar-refractivity contribution in [2.75, 3.05) is 13.4 Å². The molecule has 1 heterocycles. The van der Waals surface area contributed by atoms with Gasteiger partial charge in [-0.1, -0.05) is 31.9 Å². The molecule has 7 heteroatoms. The van der Waals surface area contributed by atoms with E-state index in [0.29, 0.717) is 5.70 Å². The number of hydrogen-bond acceptors (Lipinski definition) is 4. The average Bonchev–Trinajstić information content (AvgIpc) is 2.26. The van der Waals surface area contributed by atoms with E-state index in [1.165, 1.54) is 23.8 Å². The maximum atomic E-state index is 12.0. The lowest BCUT2D eigenvalue weighted by Gasteiger charge is -2.49. The van der Waals surface area contributed by atoms with Crippen LogP contribution in [0.5, 0.6) is 0 Å². The van der Waals surface area contributed by atoms with Crippen LogP contribution in [0.15, 0.2) is 11.3 Å². The van der Waals surface area contributed by atoms with Crippen LogP contribution in [0.4, 0.5) is 0 Å². The first-order valence-electron chi connectivity index (χ1n) is 4.79. The third-order valence-electron chi connectivity index (χ3n) is 2.37. The highest BCUT2D eigenvalue weighted by Gasteiger charge is 2.60. The Morgan fingerprint density at radius 1 is 1.47 bits per heavy atom. The Bertz CT molecular complexity index is 391. The van der Waals surface area contributed by atoms with Crippen molar-refractivity contribution < 1.29 is 14.3 Å². The van der Waals surface area contributed by atoms with Gasteiger partial charge in [0.25, 0.3) is 5.91 Å². The van der Waals surface area contributed by atoms with Crippen molar-refractivity contribution in [1.82, 2.24) is 4.90 Å². The van der Waals surface area contributed by atoms with E-state index in [1.54, 1.807) is 13.8 Å². The number of ether oxygens (including phenoxy) is 1. The van der Waals surface area contributed by atoms with E-state index < -0.39 is 9.20 Å². The number of thioether (sulfide) groups is 1. The van der Waals surface area contributed by atoms with Gasteiger partial charge in [0.15, 0.2) is 3.23 Å². The molecule has 4 nitrogen and oxygen atoms in total. The topological polar surface area (TPSA) is 46.6 Å². The van der Waals surface area contributed by atoms with Gasteiger partial charge in [-0.05, 0) is 25.7 Å². The van der Waals surface area contributed by atoms with Gasteiger partial charge in [0.05, 0.1) is 7.11 Å². The number of carbonyl (C=O) groups is 2. The first kappa shape index (κ1) is 15.0. The molecule has 0 spiro atoms. The molecular weight excluding hydrogens is 374 g/mol. The zero-order valence-electron chi connectivity index (χ0n) is 9.91. The fourth-order valence-electron chi connectivity index (χ4n) is 1.58. The summed E-state index contributed by atoms with van der Waals surface area (Å²) in [4.78, 5) is 25.1. The second-order valence-corrected chi connectivity index (χ2v) is 8.21. The standard InChI is InChI=1S/C10H13Br2NO3S/c1-5(2)6(7(14)16-3)13-8(15)10(11,12)9(13)17-4/h9H,1-4H3. The van der Waals surface area contributed by atoms with Gasteiger partial charge in [-0.2, -0.15) is 0 Å². The summed E-state index contributed by atoms with van der Waals surface area (Å²) in [6, 6.07) is 0. The van der Waals surface area contributed by atoms with Crippen LogP contribution >= 0.6 is 43.6 Å². The largest absolute Gasteiger partial charge is 0.464 e. The summed E-state index contributed by atoms with van der Waals surface area (Å²) < 4.78 is 3.91. The van der Waals surface area contributed by atoms with E-state index in [0.717, 1.165) is 5.57 Å². The van der Waals surface area contributed by atoms with Crippen molar-refractivity contribution in [3.8, 4) is 0 Å². The third kappa shape index (κ3) is 2.42. The SMILES string of the molecule is COC(=O)C(=C(C)C)N1C(=O)C(Br)(Br)C1SC. The lowest BCUT2D eigenvalue weighted by Crippen LogP contribution is -2.66. The Kier molecular flexibility index (Phi) is 4.71. The van der Waals surface area contributed by atoms with Gasteiger partial charge in [-0.3, -0.25) is 9.69 Å². The predicted octanol–water partition coefficient (Wildman–Crippen LogP) is 2.47. The molecule has 1 aliphatic heterocycles. The second kappa shape index (κ2) is 5.32. The van der Waals surface area contributed by atoms with Crippen LogP contribution in [-0.2, 0) is 14.3 Å². The number of hydrogen-bond donors (Lipinski definition) is 0. The van der Waals surface area contributed by atoms with Crippen LogP contribution in [0.3, 0.4) is 0 Å². The van der Waals surface area contributed by atoms with E-state index in [9.17, 15) is 9.59 Å². The summed E-state index contributed by atoms with van der Waals surface area (Å²) in [5.41, 5.74) is 1.06. The maximum Gasteiger partial charge on any atom is 0.354 e. The fourth-order valence-corrected chi connectivity index (χ4v) is 4.30. The first-order valence-corrected chi connectivity index (χ1v) is 7.66. The van der Waals surface area contributed by atoms with Crippen molar-refractivity contribution in [2.24, 2.45) is 0 Å². The second-order valence-electron chi connectivity index (χ2n) is 3.73. The van der Waals surface area contributed by atoms with Gasteiger partial charge in [-0.15, -0.1) is 11.8 Å². The number of nitrogens with zero attached hydrogens (tertiary/aromatic N) is 1. The Labute approximate surface area is 121 Å². The molecule has 96 valence electrons. The number of β-lactam (4-membered cyclic amide) rings is 1. The molecule has 0 saturated carbocycles. The van der Waals surface area contributed by atoms with Crippen LogP contribution < -0.4 is 0 Å². The molecule has 0 aromatic heterocycles. The third-order valence-corrected chi connectivity index (χ3v) is 5.53. The van der Waals surface area contributed by atoms with Crippen molar-refractivity contribution in [3.63, 3.8) is 0 Å². The molecule has 0 N–H and O–H groups in total. The molecule has 1 saturated heterocycles. The molecule has 1 amide bonds. The number of esters is 1. The van der Waals surface area contributed by atoms with Crippen molar-refractivity contribution in [3.05, 3.63) is 11.3 Å². The van der Waals surface area contributed by atoms with Crippen LogP contribution in [0, 0.1) is 0 Å². The molecule has 1 unspecified atom stereocenters. The summed E-state index contributed by atoms with van der Waals surface area (Å²) in [7, 11) is 1.30. The lowest BCUT2D eigenvalue weighted by atomic mass is 10.1. The summed E-state index contributed by atoms with van der Waals surface area (Å²) >= 11 is 8.10. The van der Waals surface area contributed by atoms with E-state index in [4.69, 9.17) is 4.74 Å². The zero-order chi connectivity index (χ0) is 13.4. The van der Waals surface area contributed by atoms with Crippen molar-refractivity contribution in [1.29, 1.82) is 0 Å². The number of likely N-dealkylation sites (tertiary alicyclic amines) is 1. The maximum absolute atomic E-state index is 12.0. The van der Waals surface area contributed by atoms with Crippen LogP contribution in [0.1, 0.15) is 13.8 Å². The quantitative estimate of drug-likeness (QED) is 0.323. The number of halogens is 2. The van der Waals surface area contributed by atoms with Crippen LogP contribution in [0.2, 0.25) is 0 Å². The fraction of sp³-hybridized carbons (Fsp3) is 0.600. The van der Waals surface area contributed by atoms with Crippen molar-refractivity contribution in [2.45, 2.75) is 22.5 Å². The van der Waals surface area contributed by atoms with Gasteiger partial charge >= 0.3 is 5.97 Å². The molecular formula is C10H13Br2NO3S. The van der Waals surface area contributed by atoms with Crippen molar-refractivity contribution >= 4 is 55.5 Å². The minimum atomic E-state index is -0.797. The molecule has 1 rings (SSSR count). The average molecular weight is 387 g/mol. The number of methoxy groups -OCH3 is 1. The van der Waals surface area contributed by atoms with E-state index in [1.807, 2.05) is 6.26 Å². The summed E-state index contributed by atoms with van der Waals surface area (Å²) in [5, 5.41) is -0.181. The minimum Gasteiger partial charge on any atom is -0.464 e. The summed E-state index contributed by atoms with van der Waals surface area (Å²) in [5.74, 6) is -0.689. The molecule has 0 bridgehead atoms. The molecule has 17 heavy (non-hydrogen) atoms. The molecule has 1 fully saturated rings. The van der Waals surface area contributed by atoms with Gasteiger partial charge in [0, 0.05) is 0 Å². The highest BCUT2D eigenvalue weighted by molar-refractivity contribution is 9.26. The summed E-state index contributed by atoms with van der Waals surface area (Å²) in [6.45, 7) is 3.55. The monoisotopic (exact) mass is 385 g/mol. The lowest BCUT2D eigenvalue weighted by molar-refractivity contribution is -0.147. The Morgan fingerprint density at radius 3 is 2.35 bits per heavy atom. The van der Waals surface area contributed by atoms with E-state index in [2.05, 4.69) is 31.9 Å². The number of allylic oxidation sites excluding steroid dienone is 1. The van der Waals surface area contributed by atoms with Crippen LogP contribution in [-0.4, -0.2) is 38.7 Å². The Hall–Kier alpha value is -0.0100. The predicted molar refractivity (Wildman–Crippen MR) is 75.1 cm³/mol. The van der Waals surface area contributed by atoms with Crippen LogP contribution in [0.25, 0.3) is 0 Å². The van der Waals surface area contributed by atoms with Gasteiger partial charge in [0.1, 0.15) is 11.1 Å². The number of amides is 1. The number of rotatable bonds is 3. The Morgan fingerprint density at radius 2 is 2.00 bits per heavy atom. The smallest absolute Gasteiger partial charge is 0.354 e. The van der Waals surface area contributed by atoms with Gasteiger partial charge in [-0.25, -0.2) is 4.79 Å². The Balaban J connectivity index is 3.12. The highest BCUT2D eigenvalue weighted by atomic mass is 79.9.